The Hall–Kier alpha value is -1.73. The third-order valence-electron chi connectivity index (χ3n) is 2.98. The number of methoxy groups -OCH3 is 1. The number of hydrogen-bond acceptors (Lipinski definition) is 5. The van der Waals surface area contributed by atoms with Crippen molar-refractivity contribution in [3.05, 3.63) is 47.9 Å². The summed E-state index contributed by atoms with van der Waals surface area (Å²) >= 11 is 0.553. The van der Waals surface area contributed by atoms with Crippen molar-refractivity contribution in [2.75, 3.05) is 20.3 Å². The number of hydrogen-bond donors (Lipinski definition) is 1. The predicted molar refractivity (Wildman–Crippen MR) is 86.2 cm³/mol. The predicted octanol–water partition coefficient (Wildman–Crippen LogP) is 3.91. The summed E-state index contributed by atoms with van der Waals surface area (Å²) in [5, 5.41) is 3.17. The molecule has 0 bridgehead atoms. The molecular weight excluding hydrogens is 324 g/mol. The Kier molecular flexibility index (Phi) is 7.22. The van der Waals surface area contributed by atoms with Crippen molar-refractivity contribution in [1.29, 1.82) is 0 Å². The monoisotopic (exact) mass is 343 g/mol. The lowest BCUT2D eigenvalue weighted by molar-refractivity contribution is 0.251. The standard InChI is InChI=1S/C16H19F2NO3S/c1-20-12-2-4-13(5-3-12)21-9-8-19-10-14-6-7-15(22-14)11-23-16(17)18/h2-7,16,19H,8-11H2,1H3. The van der Waals surface area contributed by atoms with E-state index >= 15 is 0 Å². The zero-order chi connectivity index (χ0) is 16.5. The van der Waals surface area contributed by atoms with Crippen LogP contribution in [0.2, 0.25) is 0 Å². The quantitative estimate of drug-likeness (QED) is 0.663. The smallest absolute Gasteiger partial charge is 0.284 e. The molecule has 0 atom stereocenters. The maximum absolute atomic E-state index is 12.1. The minimum atomic E-state index is -2.38. The Labute approximate surface area is 138 Å². The zero-order valence-electron chi connectivity index (χ0n) is 12.8. The summed E-state index contributed by atoms with van der Waals surface area (Å²) in [6, 6.07) is 10.9. The molecule has 1 N–H and O–H groups in total. The molecule has 0 amide bonds. The third-order valence-corrected chi connectivity index (χ3v) is 3.68. The van der Waals surface area contributed by atoms with Gasteiger partial charge >= 0.3 is 0 Å². The van der Waals surface area contributed by atoms with Gasteiger partial charge in [0.05, 0.1) is 19.4 Å². The normalized spacial score (nSPS) is 11.0. The average Bonchev–Trinajstić information content (AvgIpc) is 3.01. The highest BCUT2D eigenvalue weighted by molar-refractivity contribution is 7.98. The van der Waals surface area contributed by atoms with Gasteiger partial charge in [-0.25, -0.2) is 0 Å². The fourth-order valence-corrected chi connectivity index (χ4v) is 2.31. The number of thioether (sulfide) groups is 1. The van der Waals surface area contributed by atoms with Gasteiger partial charge in [0, 0.05) is 6.54 Å². The SMILES string of the molecule is COc1ccc(OCCNCc2ccc(CSC(F)F)o2)cc1. The van der Waals surface area contributed by atoms with Gasteiger partial charge in [-0.2, -0.15) is 8.78 Å². The van der Waals surface area contributed by atoms with Gasteiger partial charge in [0.15, 0.2) is 0 Å². The van der Waals surface area contributed by atoms with E-state index in [-0.39, 0.29) is 5.75 Å². The number of furan rings is 1. The molecule has 0 saturated heterocycles. The van der Waals surface area contributed by atoms with Crippen LogP contribution in [0.25, 0.3) is 0 Å². The van der Waals surface area contributed by atoms with Crippen molar-refractivity contribution in [3.8, 4) is 11.5 Å². The van der Waals surface area contributed by atoms with Crippen molar-refractivity contribution < 1.29 is 22.7 Å². The van der Waals surface area contributed by atoms with E-state index in [2.05, 4.69) is 5.32 Å². The minimum Gasteiger partial charge on any atom is -0.497 e. The second kappa shape index (κ2) is 9.42. The summed E-state index contributed by atoms with van der Waals surface area (Å²) in [5.74, 6) is 0.641. The van der Waals surface area contributed by atoms with Crippen LogP contribution in [0.1, 0.15) is 11.5 Å². The molecule has 0 radical (unpaired) electrons. The molecular formula is C16H19F2NO3S. The molecule has 23 heavy (non-hydrogen) atoms. The van der Waals surface area contributed by atoms with Crippen LogP contribution in [0.4, 0.5) is 8.78 Å². The van der Waals surface area contributed by atoms with E-state index in [1.54, 1.807) is 19.2 Å². The van der Waals surface area contributed by atoms with E-state index in [9.17, 15) is 8.78 Å². The van der Waals surface area contributed by atoms with Crippen LogP contribution < -0.4 is 14.8 Å². The molecule has 1 aromatic carbocycles. The Morgan fingerprint density at radius 3 is 2.48 bits per heavy atom. The molecule has 0 spiro atoms. The van der Waals surface area contributed by atoms with Gasteiger partial charge in [-0.15, -0.1) is 0 Å². The van der Waals surface area contributed by atoms with Crippen LogP contribution >= 0.6 is 11.8 Å². The van der Waals surface area contributed by atoms with Crippen molar-refractivity contribution in [1.82, 2.24) is 5.32 Å². The van der Waals surface area contributed by atoms with Crippen molar-refractivity contribution >= 4 is 11.8 Å². The van der Waals surface area contributed by atoms with E-state index in [0.29, 0.717) is 37.2 Å². The van der Waals surface area contributed by atoms with Crippen LogP contribution in [-0.2, 0) is 12.3 Å². The third kappa shape index (κ3) is 6.50. The number of ether oxygens (including phenoxy) is 2. The minimum absolute atomic E-state index is 0.179. The van der Waals surface area contributed by atoms with E-state index < -0.39 is 5.76 Å². The summed E-state index contributed by atoms with van der Waals surface area (Å²) in [5.41, 5.74) is 0. The topological polar surface area (TPSA) is 43.6 Å². The number of rotatable bonds is 10. The largest absolute Gasteiger partial charge is 0.497 e. The molecule has 0 unspecified atom stereocenters. The van der Waals surface area contributed by atoms with Crippen LogP contribution in [0, 0.1) is 0 Å². The first kappa shape index (κ1) is 17.6. The van der Waals surface area contributed by atoms with Gasteiger partial charge in [-0.05, 0) is 36.4 Å². The van der Waals surface area contributed by atoms with Gasteiger partial charge in [0.1, 0.15) is 29.6 Å². The molecule has 0 fully saturated rings. The maximum Gasteiger partial charge on any atom is 0.284 e. The summed E-state index contributed by atoms with van der Waals surface area (Å²) in [7, 11) is 1.62. The van der Waals surface area contributed by atoms with E-state index in [1.807, 2.05) is 24.3 Å². The Balaban J connectivity index is 1.61. The molecule has 0 saturated carbocycles. The Morgan fingerprint density at radius 1 is 1.09 bits per heavy atom. The molecule has 4 nitrogen and oxygen atoms in total. The molecule has 0 aliphatic heterocycles. The summed E-state index contributed by atoms with van der Waals surface area (Å²) in [6.45, 7) is 1.69. The van der Waals surface area contributed by atoms with Crippen LogP contribution in [0.3, 0.4) is 0 Å². The highest BCUT2D eigenvalue weighted by Gasteiger charge is 2.07. The molecule has 1 aromatic heterocycles. The van der Waals surface area contributed by atoms with Crippen LogP contribution in [0.5, 0.6) is 11.5 Å². The van der Waals surface area contributed by atoms with E-state index in [4.69, 9.17) is 13.9 Å². The zero-order valence-corrected chi connectivity index (χ0v) is 13.6. The molecule has 0 aliphatic carbocycles. The first-order valence-corrected chi connectivity index (χ1v) is 8.17. The molecule has 7 heteroatoms. The fraction of sp³-hybridized carbons (Fsp3) is 0.375. The van der Waals surface area contributed by atoms with Crippen LogP contribution in [-0.4, -0.2) is 26.0 Å². The van der Waals surface area contributed by atoms with Gasteiger partial charge < -0.3 is 19.2 Å². The molecule has 2 aromatic rings. The van der Waals surface area contributed by atoms with Gasteiger partial charge in [0.2, 0.25) is 0 Å². The lowest BCUT2D eigenvalue weighted by Crippen LogP contribution is -2.20. The fourth-order valence-electron chi connectivity index (χ4n) is 1.86. The van der Waals surface area contributed by atoms with Gasteiger partial charge in [-0.1, -0.05) is 11.8 Å². The highest BCUT2D eigenvalue weighted by Crippen LogP contribution is 2.21. The summed E-state index contributed by atoms with van der Waals surface area (Å²) in [6.07, 6.45) is 0. The molecule has 126 valence electrons. The Bertz CT molecular complexity index is 575. The van der Waals surface area contributed by atoms with Crippen molar-refractivity contribution in [2.24, 2.45) is 0 Å². The average molecular weight is 343 g/mol. The van der Waals surface area contributed by atoms with E-state index in [0.717, 1.165) is 17.3 Å². The second-order valence-electron chi connectivity index (χ2n) is 4.64. The summed E-state index contributed by atoms with van der Waals surface area (Å²) < 4.78 is 40.3. The first-order valence-electron chi connectivity index (χ1n) is 7.12. The molecule has 1 heterocycles. The van der Waals surface area contributed by atoms with Gasteiger partial charge in [-0.3, -0.25) is 0 Å². The number of alkyl halides is 2. The molecule has 0 aliphatic rings. The second-order valence-corrected chi connectivity index (χ2v) is 5.62. The number of halogens is 2. The van der Waals surface area contributed by atoms with Crippen molar-refractivity contribution in [3.63, 3.8) is 0 Å². The van der Waals surface area contributed by atoms with E-state index in [1.165, 1.54) is 0 Å². The maximum atomic E-state index is 12.1. The Morgan fingerprint density at radius 2 is 1.78 bits per heavy atom. The molecule has 2 rings (SSSR count). The summed E-state index contributed by atoms with van der Waals surface area (Å²) in [4.78, 5) is 0. The number of benzene rings is 1. The lowest BCUT2D eigenvalue weighted by Gasteiger charge is -2.07. The number of nitrogens with one attached hydrogen (secondary N) is 1. The first-order chi connectivity index (χ1) is 11.2. The van der Waals surface area contributed by atoms with Crippen LogP contribution in [0.15, 0.2) is 40.8 Å². The highest BCUT2D eigenvalue weighted by atomic mass is 32.2. The lowest BCUT2D eigenvalue weighted by atomic mass is 10.3. The van der Waals surface area contributed by atoms with Crippen molar-refractivity contribution in [2.45, 2.75) is 18.1 Å². The van der Waals surface area contributed by atoms with Gasteiger partial charge in [0.25, 0.3) is 5.76 Å².